The maximum Gasteiger partial charge on any atom is 0.408 e. The molecule has 32 heavy (non-hydrogen) atoms. The first kappa shape index (κ1) is 22.2. The molecule has 5 nitrogen and oxygen atoms in total. The molecular weight excluding hydrogens is 422 g/mol. The van der Waals surface area contributed by atoms with Crippen LogP contribution in [0.5, 0.6) is 0 Å². The number of halogens is 1. The van der Waals surface area contributed by atoms with E-state index in [2.05, 4.69) is 18.3 Å². The third-order valence-electron chi connectivity index (χ3n) is 6.05. The fraction of sp³-hybridized carbons (Fsp3) is 0.308. The van der Waals surface area contributed by atoms with E-state index in [0.29, 0.717) is 6.42 Å². The fourth-order valence-corrected chi connectivity index (χ4v) is 4.47. The maximum atomic E-state index is 12.4. The number of ether oxygens (including phenoxy) is 1. The van der Waals surface area contributed by atoms with Crippen molar-refractivity contribution in [1.82, 2.24) is 15.1 Å². The monoisotopic (exact) mass is 449 g/mol. The van der Waals surface area contributed by atoms with Crippen LogP contribution in [-0.4, -0.2) is 22.0 Å². The average molecular weight is 450 g/mol. The number of allylic oxidation sites excluding steroid dienone is 1. The van der Waals surface area contributed by atoms with Crippen molar-refractivity contribution >= 4 is 17.7 Å². The van der Waals surface area contributed by atoms with Gasteiger partial charge in [-0.3, -0.25) is 0 Å². The molecule has 1 heterocycles. The van der Waals surface area contributed by atoms with Gasteiger partial charge in [0.15, 0.2) is 0 Å². The predicted molar refractivity (Wildman–Crippen MR) is 128 cm³/mol. The molecule has 0 radical (unpaired) electrons. The van der Waals surface area contributed by atoms with Crippen molar-refractivity contribution in [2.75, 3.05) is 0 Å². The molecule has 3 atom stereocenters. The largest absolute Gasteiger partial charge is 0.442 e. The lowest BCUT2D eigenvalue weighted by atomic mass is 9.96. The van der Waals surface area contributed by atoms with Crippen LogP contribution in [-0.2, 0) is 4.74 Å². The van der Waals surface area contributed by atoms with E-state index in [9.17, 15) is 4.79 Å². The number of nitrogens with zero attached hydrogens (tertiary/aromatic N) is 2. The maximum absolute atomic E-state index is 12.4. The van der Waals surface area contributed by atoms with Gasteiger partial charge in [0.05, 0.1) is 17.4 Å². The van der Waals surface area contributed by atoms with Gasteiger partial charge in [-0.15, -0.1) is 0 Å². The lowest BCUT2D eigenvalue weighted by molar-refractivity contribution is 0.115. The molecule has 0 bridgehead atoms. The van der Waals surface area contributed by atoms with Crippen LogP contribution in [0.15, 0.2) is 60.7 Å². The molecule has 6 heteroatoms. The summed E-state index contributed by atoms with van der Waals surface area (Å²) >= 11 is 6.33. The molecule has 1 N–H and O–H groups in total. The van der Waals surface area contributed by atoms with Gasteiger partial charge in [-0.05, 0) is 63.5 Å². The zero-order chi connectivity index (χ0) is 22.8. The Morgan fingerprint density at radius 3 is 2.62 bits per heavy atom. The first-order valence-corrected chi connectivity index (χ1v) is 11.2. The van der Waals surface area contributed by atoms with Crippen LogP contribution in [0.4, 0.5) is 4.79 Å². The number of hydrogen-bond acceptors (Lipinski definition) is 3. The summed E-state index contributed by atoms with van der Waals surface area (Å²) in [7, 11) is 0. The Labute approximate surface area is 194 Å². The number of alkyl carbamates (subject to hydrolysis) is 1. The molecule has 1 aliphatic carbocycles. The molecule has 2 aromatic carbocycles. The van der Waals surface area contributed by atoms with Crippen LogP contribution < -0.4 is 5.32 Å². The number of hydrogen-bond donors (Lipinski definition) is 1. The highest BCUT2D eigenvalue weighted by Crippen LogP contribution is 2.35. The Morgan fingerprint density at radius 2 is 1.91 bits per heavy atom. The van der Waals surface area contributed by atoms with E-state index in [1.165, 1.54) is 5.56 Å². The standard InChI is InChI=1S/C26H28ClN3O2/c1-16-10-12-22(15-24(16)27)30-19(4)25(18(3)29-30)21-11-13-23(14-21)32-26(31)28-17(2)20-8-6-5-7-9-20/h5-13,15,17,21,23H,14H2,1-4H3,(H,28,31)/t17-,21-,23-/m1/s1. The van der Waals surface area contributed by atoms with Gasteiger partial charge in [0, 0.05) is 22.2 Å². The van der Waals surface area contributed by atoms with E-state index in [1.54, 1.807) is 0 Å². The number of benzene rings is 2. The Kier molecular flexibility index (Phi) is 6.38. The molecular formula is C26H28ClN3O2. The summed E-state index contributed by atoms with van der Waals surface area (Å²) < 4.78 is 7.61. The number of carbonyl (C=O) groups excluding carboxylic acids is 1. The highest BCUT2D eigenvalue weighted by Gasteiger charge is 2.28. The Hall–Kier alpha value is -3.05. The number of nitrogens with one attached hydrogen (secondary N) is 1. The van der Waals surface area contributed by atoms with Crippen molar-refractivity contribution in [2.24, 2.45) is 0 Å². The first-order valence-electron chi connectivity index (χ1n) is 10.9. The summed E-state index contributed by atoms with van der Waals surface area (Å²) in [4.78, 5) is 12.4. The molecule has 0 aliphatic heterocycles. The van der Waals surface area contributed by atoms with Gasteiger partial charge >= 0.3 is 6.09 Å². The second kappa shape index (κ2) is 9.21. The summed E-state index contributed by atoms with van der Waals surface area (Å²) in [6, 6.07) is 15.7. The minimum Gasteiger partial charge on any atom is -0.442 e. The second-order valence-electron chi connectivity index (χ2n) is 8.38. The lowest BCUT2D eigenvalue weighted by Crippen LogP contribution is -2.30. The Bertz CT molecular complexity index is 1150. The fourth-order valence-electron chi connectivity index (χ4n) is 4.30. The molecule has 0 saturated carbocycles. The van der Waals surface area contributed by atoms with E-state index in [4.69, 9.17) is 21.4 Å². The summed E-state index contributed by atoms with van der Waals surface area (Å²) in [5.41, 5.74) is 6.23. The third kappa shape index (κ3) is 4.58. The van der Waals surface area contributed by atoms with Crippen LogP contribution in [0, 0.1) is 20.8 Å². The molecule has 4 rings (SSSR count). The van der Waals surface area contributed by atoms with E-state index in [0.717, 1.165) is 33.2 Å². The molecule has 1 aliphatic rings. The molecule has 1 aromatic heterocycles. The minimum absolute atomic E-state index is 0.117. The normalized spacial score (nSPS) is 18.5. The first-order chi connectivity index (χ1) is 15.3. The zero-order valence-electron chi connectivity index (χ0n) is 18.8. The van der Waals surface area contributed by atoms with Crippen molar-refractivity contribution in [1.29, 1.82) is 0 Å². The van der Waals surface area contributed by atoms with E-state index in [1.807, 2.05) is 80.1 Å². The van der Waals surface area contributed by atoms with E-state index in [-0.39, 0.29) is 18.1 Å². The van der Waals surface area contributed by atoms with Gasteiger partial charge in [-0.1, -0.05) is 54.1 Å². The van der Waals surface area contributed by atoms with Gasteiger partial charge < -0.3 is 10.1 Å². The van der Waals surface area contributed by atoms with Crippen molar-refractivity contribution in [3.63, 3.8) is 0 Å². The molecule has 0 fully saturated rings. The molecule has 1 amide bonds. The van der Waals surface area contributed by atoms with E-state index >= 15 is 0 Å². The summed E-state index contributed by atoms with van der Waals surface area (Å²) in [5.74, 6) is 0.147. The second-order valence-corrected chi connectivity index (χ2v) is 8.78. The van der Waals surface area contributed by atoms with Gasteiger partial charge in [0.25, 0.3) is 0 Å². The van der Waals surface area contributed by atoms with Crippen LogP contribution in [0.3, 0.4) is 0 Å². The van der Waals surface area contributed by atoms with Crippen LogP contribution in [0.1, 0.15) is 53.4 Å². The lowest BCUT2D eigenvalue weighted by Gasteiger charge is -2.18. The zero-order valence-corrected chi connectivity index (χ0v) is 19.6. The molecule has 166 valence electrons. The van der Waals surface area contributed by atoms with Gasteiger partial charge in [-0.25, -0.2) is 9.48 Å². The molecule has 0 unspecified atom stereocenters. The Morgan fingerprint density at radius 1 is 1.16 bits per heavy atom. The minimum atomic E-state index is -0.407. The van der Waals surface area contributed by atoms with Crippen molar-refractivity contribution in [3.8, 4) is 5.69 Å². The number of aryl methyl sites for hydroxylation is 2. The van der Waals surface area contributed by atoms with Gasteiger partial charge in [0.1, 0.15) is 6.10 Å². The van der Waals surface area contributed by atoms with Crippen LogP contribution in [0.25, 0.3) is 5.69 Å². The number of aromatic nitrogens is 2. The number of rotatable bonds is 5. The predicted octanol–water partition coefficient (Wildman–Crippen LogP) is 6.35. The van der Waals surface area contributed by atoms with Gasteiger partial charge in [-0.2, -0.15) is 5.10 Å². The molecule has 0 spiro atoms. The summed E-state index contributed by atoms with van der Waals surface area (Å²) in [6.07, 6.45) is 4.11. The number of carbonyl (C=O) groups is 1. The Balaban J connectivity index is 1.42. The summed E-state index contributed by atoms with van der Waals surface area (Å²) in [5, 5.41) is 8.39. The van der Waals surface area contributed by atoms with E-state index < -0.39 is 6.09 Å². The smallest absolute Gasteiger partial charge is 0.408 e. The summed E-state index contributed by atoms with van der Waals surface area (Å²) in [6.45, 7) is 8.02. The van der Waals surface area contributed by atoms with Crippen molar-refractivity contribution in [2.45, 2.75) is 52.2 Å². The van der Waals surface area contributed by atoms with Crippen molar-refractivity contribution < 1.29 is 9.53 Å². The van der Waals surface area contributed by atoms with Crippen LogP contribution >= 0.6 is 11.6 Å². The van der Waals surface area contributed by atoms with Gasteiger partial charge in [0.2, 0.25) is 0 Å². The molecule has 3 aromatic rings. The van der Waals surface area contributed by atoms with Crippen molar-refractivity contribution in [3.05, 3.63) is 93.8 Å². The quantitative estimate of drug-likeness (QED) is 0.461. The topological polar surface area (TPSA) is 56.2 Å². The highest BCUT2D eigenvalue weighted by molar-refractivity contribution is 6.31. The SMILES string of the molecule is Cc1ccc(-n2nc(C)c([C@@H]3C=C[C@@H](OC(=O)N[C@H](C)c4ccccc4)C3)c2C)cc1Cl. The highest BCUT2D eigenvalue weighted by atomic mass is 35.5. The third-order valence-corrected chi connectivity index (χ3v) is 6.46. The average Bonchev–Trinajstić information content (AvgIpc) is 3.33. The number of amides is 1. The van der Waals surface area contributed by atoms with Crippen LogP contribution in [0.2, 0.25) is 5.02 Å². The molecule has 0 saturated heterocycles.